The molecule has 1 heterocycles. The second kappa shape index (κ2) is 10.6. The molecule has 3 aromatic rings. The van der Waals surface area contributed by atoms with Gasteiger partial charge in [-0.05, 0) is 60.7 Å². The van der Waals surface area contributed by atoms with Crippen LogP contribution in [0, 0.1) is 5.92 Å². The lowest BCUT2D eigenvalue weighted by Gasteiger charge is -2.32. The Kier molecular flexibility index (Phi) is 7.33. The lowest BCUT2D eigenvalue weighted by atomic mass is 9.99. The molecule has 166 valence electrons. The molecule has 0 saturated carbocycles. The minimum Gasteiger partial charge on any atom is -0.489 e. The molecule has 0 unspecified atom stereocenters. The van der Waals surface area contributed by atoms with Gasteiger partial charge in [-0.15, -0.1) is 0 Å². The maximum atomic E-state index is 12.7. The Morgan fingerprint density at radius 1 is 1.09 bits per heavy atom. The highest BCUT2D eigenvalue weighted by atomic mass is 35.5. The summed E-state index contributed by atoms with van der Waals surface area (Å²) in [6.45, 7) is 5.39. The fourth-order valence-corrected chi connectivity index (χ4v) is 4.23. The van der Waals surface area contributed by atoms with E-state index in [1.807, 2.05) is 36.4 Å². The summed E-state index contributed by atoms with van der Waals surface area (Å²) in [6.07, 6.45) is 2.56. The molecule has 0 spiro atoms. The summed E-state index contributed by atoms with van der Waals surface area (Å²) in [7, 11) is 0. The second-order valence-corrected chi connectivity index (χ2v) is 8.86. The van der Waals surface area contributed by atoms with Crippen molar-refractivity contribution in [2.45, 2.75) is 32.9 Å². The Hall–Kier alpha value is -2.98. The predicted octanol–water partition coefficient (Wildman–Crippen LogP) is 6.09. The maximum absolute atomic E-state index is 12.7. The zero-order valence-corrected chi connectivity index (χ0v) is 19.1. The average Bonchev–Trinajstić information content (AvgIpc) is 2.82. The number of piperidine rings is 1. The van der Waals surface area contributed by atoms with Crippen molar-refractivity contribution in [3.63, 3.8) is 0 Å². The molecule has 4 nitrogen and oxygen atoms in total. The number of ether oxygens (including phenoxy) is 1. The van der Waals surface area contributed by atoms with Crippen LogP contribution in [-0.2, 0) is 13.2 Å². The van der Waals surface area contributed by atoms with Crippen LogP contribution in [0.25, 0.3) is 0 Å². The van der Waals surface area contributed by atoms with Gasteiger partial charge in [0, 0.05) is 41.5 Å². The molecule has 5 heteroatoms. The highest BCUT2D eigenvalue weighted by Gasteiger charge is 2.16. The largest absolute Gasteiger partial charge is 0.489 e. The summed E-state index contributed by atoms with van der Waals surface area (Å²) < 4.78 is 5.84. The van der Waals surface area contributed by atoms with E-state index in [1.54, 1.807) is 12.1 Å². The number of rotatable bonds is 7. The van der Waals surface area contributed by atoms with Crippen molar-refractivity contribution in [2.24, 2.45) is 5.92 Å². The number of carbonyl (C=O) groups excluding carboxylic acids is 1. The minimum atomic E-state index is -0.123. The molecule has 1 fully saturated rings. The first-order valence-corrected chi connectivity index (χ1v) is 11.5. The summed E-state index contributed by atoms with van der Waals surface area (Å²) in [5.41, 5.74) is 3.82. The average molecular weight is 449 g/mol. The van der Waals surface area contributed by atoms with Crippen LogP contribution in [0.1, 0.15) is 41.3 Å². The van der Waals surface area contributed by atoms with Gasteiger partial charge in [-0.3, -0.25) is 4.79 Å². The van der Waals surface area contributed by atoms with Gasteiger partial charge in [0.1, 0.15) is 12.4 Å². The molecule has 0 bridgehead atoms. The van der Waals surface area contributed by atoms with E-state index < -0.39 is 0 Å². The number of amides is 1. The topological polar surface area (TPSA) is 41.6 Å². The van der Waals surface area contributed by atoms with Crippen LogP contribution < -0.4 is 15.0 Å². The number of anilines is 1. The minimum absolute atomic E-state index is 0.123. The first-order valence-electron chi connectivity index (χ1n) is 11.2. The van der Waals surface area contributed by atoms with Crippen molar-refractivity contribution >= 4 is 23.2 Å². The molecule has 0 aliphatic carbocycles. The molecular weight excluding hydrogens is 420 g/mol. The normalized spacial score (nSPS) is 15.9. The van der Waals surface area contributed by atoms with E-state index in [0.717, 1.165) is 30.1 Å². The molecule has 32 heavy (non-hydrogen) atoms. The third kappa shape index (κ3) is 5.83. The van der Waals surface area contributed by atoms with Crippen LogP contribution in [-0.4, -0.2) is 19.0 Å². The first kappa shape index (κ1) is 22.2. The molecule has 0 aromatic heterocycles. The zero-order valence-electron chi connectivity index (χ0n) is 18.4. The predicted molar refractivity (Wildman–Crippen MR) is 130 cm³/mol. The molecule has 0 radical (unpaired) electrons. The van der Waals surface area contributed by atoms with Crippen molar-refractivity contribution in [2.75, 3.05) is 18.0 Å². The van der Waals surface area contributed by atoms with Crippen LogP contribution >= 0.6 is 11.6 Å². The molecule has 1 aliphatic heterocycles. The van der Waals surface area contributed by atoms with Gasteiger partial charge in [0.15, 0.2) is 0 Å². The van der Waals surface area contributed by atoms with E-state index in [4.69, 9.17) is 16.3 Å². The number of halogens is 1. The van der Waals surface area contributed by atoms with Crippen LogP contribution in [0.3, 0.4) is 0 Å². The van der Waals surface area contributed by atoms with Gasteiger partial charge in [0.25, 0.3) is 5.91 Å². The van der Waals surface area contributed by atoms with Crippen molar-refractivity contribution in [3.8, 4) is 5.75 Å². The molecule has 1 atom stereocenters. The molecule has 3 aromatic carbocycles. The quantitative estimate of drug-likeness (QED) is 0.475. The summed E-state index contributed by atoms with van der Waals surface area (Å²) in [5.74, 6) is 1.26. The van der Waals surface area contributed by atoms with Crippen molar-refractivity contribution in [3.05, 3.63) is 94.5 Å². The van der Waals surface area contributed by atoms with E-state index in [0.29, 0.717) is 29.5 Å². The van der Waals surface area contributed by atoms with E-state index in [-0.39, 0.29) is 5.91 Å². The van der Waals surface area contributed by atoms with Gasteiger partial charge in [0.05, 0.1) is 0 Å². The summed E-state index contributed by atoms with van der Waals surface area (Å²) in [4.78, 5) is 15.1. The van der Waals surface area contributed by atoms with Crippen LogP contribution in [0.15, 0.2) is 72.8 Å². The number of benzene rings is 3. The van der Waals surface area contributed by atoms with Gasteiger partial charge in [-0.1, -0.05) is 54.9 Å². The Balaban J connectivity index is 1.31. The maximum Gasteiger partial charge on any atom is 0.251 e. The van der Waals surface area contributed by atoms with Gasteiger partial charge in [-0.2, -0.15) is 0 Å². The van der Waals surface area contributed by atoms with Crippen molar-refractivity contribution < 1.29 is 9.53 Å². The number of carbonyl (C=O) groups is 1. The molecule has 1 N–H and O–H groups in total. The monoisotopic (exact) mass is 448 g/mol. The number of nitrogens with one attached hydrogen (secondary N) is 1. The smallest absolute Gasteiger partial charge is 0.251 e. The van der Waals surface area contributed by atoms with Gasteiger partial charge < -0.3 is 15.0 Å². The standard InChI is InChI=1S/C27H29ClN2O2/c1-20-6-5-15-30(18-20)24-13-11-21(12-14-24)17-29-27(31)22-8-4-9-25(16-22)32-19-23-7-2-3-10-26(23)28/h2-4,7-14,16,20H,5-6,15,17-19H2,1H3,(H,29,31)/t20-/m0/s1. The van der Waals surface area contributed by atoms with Gasteiger partial charge >= 0.3 is 0 Å². The molecule has 1 saturated heterocycles. The van der Waals surface area contributed by atoms with Gasteiger partial charge in [0.2, 0.25) is 0 Å². The van der Waals surface area contributed by atoms with Crippen molar-refractivity contribution in [1.29, 1.82) is 0 Å². The summed E-state index contributed by atoms with van der Waals surface area (Å²) >= 11 is 6.19. The molecule has 1 aliphatic rings. The Morgan fingerprint density at radius 3 is 2.69 bits per heavy atom. The fraction of sp³-hybridized carbons (Fsp3) is 0.296. The SMILES string of the molecule is C[C@H]1CCCN(c2ccc(CNC(=O)c3cccc(OCc4ccccc4Cl)c3)cc2)C1. The lowest BCUT2D eigenvalue weighted by Crippen LogP contribution is -2.34. The highest BCUT2D eigenvalue weighted by Crippen LogP contribution is 2.23. The Bertz CT molecular complexity index is 1050. The highest BCUT2D eigenvalue weighted by molar-refractivity contribution is 6.31. The third-order valence-electron chi connectivity index (χ3n) is 5.86. The van der Waals surface area contributed by atoms with Gasteiger partial charge in [-0.25, -0.2) is 0 Å². The fourth-order valence-electron chi connectivity index (χ4n) is 4.04. The summed E-state index contributed by atoms with van der Waals surface area (Å²) in [5, 5.41) is 3.67. The number of hydrogen-bond donors (Lipinski definition) is 1. The van der Waals surface area contributed by atoms with E-state index >= 15 is 0 Å². The van der Waals surface area contributed by atoms with Crippen LogP contribution in [0.4, 0.5) is 5.69 Å². The number of hydrogen-bond acceptors (Lipinski definition) is 3. The van der Waals surface area contributed by atoms with E-state index in [9.17, 15) is 4.79 Å². The van der Waals surface area contributed by atoms with Crippen LogP contribution in [0.2, 0.25) is 5.02 Å². The third-order valence-corrected chi connectivity index (χ3v) is 6.23. The zero-order chi connectivity index (χ0) is 22.3. The van der Waals surface area contributed by atoms with Crippen molar-refractivity contribution in [1.82, 2.24) is 5.32 Å². The molecule has 4 rings (SSSR count). The number of nitrogens with zero attached hydrogens (tertiary/aromatic N) is 1. The first-order chi connectivity index (χ1) is 15.6. The lowest BCUT2D eigenvalue weighted by molar-refractivity contribution is 0.0950. The van der Waals surface area contributed by atoms with E-state index in [1.165, 1.54) is 18.5 Å². The van der Waals surface area contributed by atoms with E-state index in [2.05, 4.69) is 41.4 Å². The molecular formula is C27H29ClN2O2. The Labute approximate surface area is 195 Å². The Morgan fingerprint density at radius 2 is 1.91 bits per heavy atom. The second-order valence-electron chi connectivity index (χ2n) is 8.45. The molecule has 1 amide bonds. The van der Waals surface area contributed by atoms with Crippen LogP contribution in [0.5, 0.6) is 5.75 Å². The summed E-state index contributed by atoms with van der Waals surface area (Å²) in [6, 6.07) is 23.3.